The van der Waals surface area contributed by atoms with Crippen LogP contribution in [0.2, 0.25) is 0 Å². The molecule has 1 amide bonds. The molecule has 1 saturated heterocycles. The maximum absolute atomic E-state index is 10.7. The number of hydrogen-bond acceptors (Lipinski definition) is 3. The van der Waals surface area contributed by atoms with Crippen LogP contribution in [-0.4, -0.2) is 24.0 Å². The molecule has 0 spiro atoms. The molecule has 0 aliphatic carbocycles. The number of primary amides is 1. The van der Waals surface area contributed by atoms with Crippen molar-refractivity contribution in [3.63, 3.8) is 0 Å². The summed E-state index contributed by atoms with van der Waals surface area (Å²) in [6.45, 7) is 2.06. The second-order valence-corrected chi connectivity index (χ2v) is 4.62. The van der Waals surface area contributed by atoms with E-state index < -0.39 is 0 Å². The van der Waals surface area contributed by atoms with Crippen molar-refractivity contribution in [1.82, 2.24) is 4.98 Å². The van der Waals surface area contributed by atoms with Gasteiger partial charge in [-0.15, -0.1) is 0 Å². The number of pyridine rings is 1. The topological polar surface area (TPSA) is 59.2 Å². The van der Waals surface area contributed by atoms with Crippen LogP contribution in [0.1, 0.15) is 25.7 Å². The number of rotatable bonds is 4. The number of aromatic nitrogens is 1. The summed E-state index contributed by atoms with van der Waals surface area (Å²) in [4.78, 5) is 17.4. The normalized spacial score (nSPS) is 17.1. The number of piperidine rings is 1. The first-order valence-corrected chi connectivity index (χ1v) is 6.20. The summed E-state index contributed by atoms with van der Waals surface area (Å²) >= 11 is 0. The van der Waals surface area contributed by atoms with Crippen LogP contribution in [0.25, 0.3) is 0 Å². The van der Waals surface area contributed by atoms with E-state index in [0.29, 0.717) is 12.3 Å². The van der Waals surface area contributed by atoms with E-state index in [0.717, 1.165) is 38.2 Å². The molecule has 4 heteroatoms. The molecule has 1 aliphatic heterocycles. The minimum Gasteiger partial charge on any atom is -0.370 e. The van der Waals surface area contributed by atoms with Crippen molar-refractivity contribution in [3.8, 4) is 0 Å². The van der Waals surface area contributed by atoms with Gasteiger partial charge in [-0.05, 0) is 37.3 Å². The third kappa shape index (κ3) is 3.44. The molecule has 1 fully saturated rings. The summed E-state index contributed by atoms with van der Waals surface area (Å²) in [6.07, 6.45) is 5.54. The summed E-state index contributed by atoms with van der Waals surface area (Å²) in [5, 5.41) is 0. The molecule has 1 aliphatic rings. The molecule has 92 valence electrons. The van der Waals surface area contributed by atoms with Gasteiger partial charge in [0.2, 0.25) is 5.91 Å². The van der Waals surface area contributed by atoms with Crippen LogP contribution < -0.4 is 10.6 Å². The molecule has 0 atom stereocenters. The molecular weight excluding hydrogens is 214 g/mol. The molecule has 0 unspecified atom stereocenters. The van der Waals surface area contributed by atoms with E-state index in [1.165, 1.54) is 0 Å². The highest BCUT2D eigenvalue weighted by molar-refractivity contribution is 5.73. The molecule has 17 heavy (non-hydrogen) atoms. The Kier molecular flexibility index (Phi) is 3.96. The molecule has 0 bridgehead atoms. The van der Waals surface area contributed by atoms with E-state index in [1.54, 1.807) is 0 Å². The number of hydrogen-bond donors (Lipinski definition) is 1. The number of carbonyl (C=O) groups is 1. The Morgan fingerprint density at radius 2 is 2.18 bits per heavy atom. The van der Waals surface area contributed by atoms with E-state index in [2.05, 4.69) is 9.88 Å². The van der Waals surface area contributed by atoms with Crippen molar-refractivity contribution in [2.75, 3.05) is 18.0 Å². The van der Waals surface area contributed by atoms with Gasteiger partial charge in [0.15, 0.2) is 0 Å². The lowest BCUT2D eigenvalue weighted by Gasteiger charge is -2.32. The highest BCUT2D eigenvalue weighted by Gasteiger charge is 2.20. The fourth-order valence-electron chi connectivity index (χ4n) is 2.34. The number of nitrogens with zero attached hydrogens (tertiary/aromatic N) is 2. The Bertz CT molecular complexity index is 358. The maximum atomic E-state index is 10.7. The highest BCUT2D eigenvalue weighted by atomic mass is 16.1. The second kappa shape index (κ2) is 5.66. The Hall–Kier alpha value is -1.58. The van der Waals surface area contributed by atoms with Gasteiger partial charge in [0, 0.05) is 25.7 Å². The van der Waals surface area contributed by atoms with Crippen LogP contribution in [-0.2, 0) is 4.79 Å². The summed E-state index contributed by atoms with van der Waals surface area (Å²) < 4.78 is 0. The number of anilines is 1. The van der Waals surface area contributed by atoms with Gasteiger partial charge >= 0.3 is 0 Å². The average molecular weight is 233 g/mol. The first-order valence-electron chi connectivity index (χ1n) is 6.20. The first-order chi connectivity index (χ1) is 8.25. The lowest BCUT2D eigenvalue weighted by molar-refractivity contribution is -0.118. The zero-order chi connectivity index (χ0) is 12.1. The van der Waals surface area contributed by atoms with Crippen molar-refractivity contribution in [1.29, 1.82) is 0 Å². The van der Waals surface area contributed by atoms with E-state index >= 15 is 0 Å². The number of amides is 1. The molecular formula is C13H19N3O. The molecule has 2 rings (SSSR count). The molecule has 1 aromatic rings. The predicted octanol–water partition coefficient (Wildman–Crippen LogP) is 1.56. The van der Waals surface area contributed by atoms with Gasteiger partial charge in [0.05, 0.1) is 0 Å². The van der Waals surface area contributed by atoms with Crippen LogP contribution in [0.15, 0.2) is 24.4 Å². The standard InChI is InChI=1S/C13H19N3O/c14-12(17)5-4-11-6-9-16(10-7-11)13-3-1-2-8-15-13/h1-3,8,11H,4-7,9-10H2,(H2,14,17). The summed E-state index contributed by atoms with van der Waals surface area (Å²) in [5.41, 5.74) is 5.17. The van der Waals surface area contributed by atoms with E-state index in [-0.39, 0.29) is 5.91 Å². The smallest absolute Gasteiger partial charge is 0.217 e. The van der Waals surface area contributed by atoms with Gasteiger partial charge in [0.1, 0.15) is 5.82 Å². The molecule has 0 aromatic carbocycles. The first kappa shape index (κ1) is 11.9. The monoisotopic (exact) mass is 233 g/mol. The van der Waals surface area contributed by atoms with Crippen molar-refractivity contribution in [2.45, 2.75) is 25.7 Å². The number of carbonyl (C=O) groups excluding carboxylic acids is 1. The minimum atomic E-state index is -0.183. The summed E-state index contributed by atoms with van der Waals surface area (Å²) in [5.74, 6) is 1.51. The van der Waals surface area contributed by atoms with Gasteiger partial charge in [-0.25, -0.2) is 4.98 Å². The average Bonchev–Trinajstić information content (AvgIpc) is 2.38. The van der Waals surface area contributed by atoms with Crippen LogP contribution in [0, 0.1) is 5.92 Å². The predicted molar refractivity (Wildman–Crippen MR) is 67.6 cm³/mol. The largest absolute Gasteiger partial charge is 0.370 e. The summed E-state index contributed by atoms with van der Waals surface area (Å²) in [7, 11) is 0. The molecule has 1 aromatic heterocycles. The van der Waals surface area contributed by atoms with Crippen LogP contribution >= 0.6 is 0 Å². The summed E-state index contributed by atoms with van der Waals surface area (Å²) in [6, 6.07) is 5.99. The third-order valence-corrected chi connectivity index (χ3v) is 3.39. The van der Waals surface area contributed by atoms with Gasteiger partial charge < -0.3 is 10.6 Å². The van der Waals surface area contributed by atoms with Crippen molar-refractivity contribution in [3.05, 3.63) is 24.4 Å². The van der Waals surface area contributed by atoms with Crippen LogP contribution in [0.4, 0.5) is 5.82 Å². The van der Waals surface area contributed by atoms with Crippen molar-refractivity contribution < 1.29 is 4.79 Å². The molecule has 2 heterocycles. The van der Waals surface area contributed by atoms with E-state index in [9.17, 15) is 4.79 Å². The van der Waals surface area contributed by atoms with E-state index in [1.807, 2.05) is 24.4 Å². The SMILES string of the molecule is NC(=O)CCC1CCN(c2ccccn2)CC1. The molecule has 0 radical (unpaired) electrons. The van der Waals surface area contributed by atoms with Gasteiger partial charge in [0.25, 0.3) is 0 Å². The lowest BCUT2D eigenvalue weighted by atomic mass is 9.92. The van der Waals surface area contributed by atoms with Gasteiger partial charge in [-0.2, -0.15) is 0 Å². The van der Waals surface area contributed by atoms with Gasteiger partial charge in [-0.3, -0.25) is 4.79 Å². The third-order valence-electron chi connectivity index (χ3n) is 3.39. The van der Waals surface area contributed by atoms with Gasteiger partial charge in [-0.1, -0.05) is 6.07 Å². The second-order valence-electron chi connectivity index (χ2n) is 4.62. The van der Waals surface area contributed by atoms with E-state index in [4.69, 9.17) is 5.73 Å². The zero-order valence-electron chi connectivity index (χ0n) is 10.0. The Labute approximate surface area is 102 Å². The molecule has 2 N–H and O–H groups in total. The molecule has 4 nitrogen and oxygen atoms in total. The Morgan fingerprint density at radius 1 is 1.41 bits per heavy atom. The quantitative estimate of drug-likeness (QED) is 0.858. The van der Waals surface area contributed by atoms with Crippen LogP contribution in [0.3, 0.4) is 0 Å². The maximum Gasteiger partial charge on any atom is 0.217 e. The fraction of sp³-hybridized carbons (Fsp3) is 0.538. The fourth-order valence-corrected chi connectivity index (χ4v) is 2.34. The van der Waals surface area contributed by atoms with Crippen molar-refractivity contribution >= 4 is 11.7 Å². The zero-order valence-corrected chi connectivity index (χ0v) is 10.0. The number of nitrogens with two attached hydrogens (primary N) is 1. The van der Waals surface area contributed by atoms with Crippen molar-refractivity contribution in [2.24, 2.45) is 11.7 Å². The molecule has 0 saturated carbocycles. The Morgan fingerprint density at radius 3 is 2.76 bits per heavy atom. The minimum absolute atomic E-state index is 0.183. The highest BCUT2D eigenvalue weighted by Crippen LogP contribution is 2.24. The van der Waals surface area contributed by atoms with Crippen LogP contribution in [0.5, 0.6) is 0 Å². The lowest BCUT2D eigenvalue weighted by Crippen LogP contribution is -2.34. The Balaban J connectivity index is 1.80.